The Morgan fingerprint density at radius 3 is 2.81 bits per heavy atom. The first kappa shape index (κ1) is 22.6. The highest BCUT2D eigenvalue weighted by Crippen LogP contribution is 2.57. The summed E-state index contributed by atoms with van der Waals surface area (Å²) in [6.07, 6.45) is 21.6. The van der Waals surface area contributed by atoms with Crippen LogP contribution in [0.1, 0.15) is 96.7 Å². The molecule has 0 radical (unpaired) electrons. The average molecular weight is 424 g/mol. The van der Waals surface area contributed by atoms with Crippen LogP contribution in [0.25, 0.3) is 10.9 Å². The van der Waals surface area contributed by atoms with Crippen molar-refractivity contribution in [1.82, 2.24) is 15.0 Å². The molecule has 0 aliphatic heterocycles. The molecule has 2 aromatic rings. The van der Waals surface area contributed by atoms with E-state index in [9.17, 15) is 5.11 Å². The van der Waals surface area contributed by atoms with E-state index in [0.717, 1.165) is 41.9 Å². The molecule has 4 nitrogen and oxygen atoms in total. The molecular weight excluding hydrogens is 382 g/mol. The predicted molar refractivity (Wildman–Crippen MR) is 127 cm³/mol. The second-order valence-electron chi connectivity index (χ2n) is 10.5. The largest absolute Gasteiger partial charge is 0.393 e. The van der Waals surface area contributed by atoms with Crippen molar-refractivity contribution in [3.63, 3.8) is 0 Å². The minimum Gasteiger partial charge on any atom is -0.393 e. The standard InChI is InChI=1S/C27H41N3O/c1-3-23-22(25(31)17-21-11-9-10-15-27(21,23)2)12-7-5-4-6-8-13-26-29-19-20-18-28-16-14-24(20)30-26/h14,16,18-19,21-23,25,31H,3-13,15,17H2,1-2H3. The van der Waals surface area contributed by atoms with Crippen molar-refractivity contribution in [2.75, 3.05) is 0 Å². The van der Waals surface area contributed by atoms with Gasteiger partial charge in [-0.15, -0.1) is 0 Å². The summed E-state index contributed by atoms with van der Waals surface area (Å²) in [5.41, 5.74) is 1.47. The minimum absolute atomic E-state index is 0.0682. The molecule has 0 bridgehead atoms. The number of aromatic nitrogens is 3. The number of rotatable bonds is 9. The monoisotopic (exact) mass is 423 g/mol. The van der Waals surface area contributed by atoms with E-state index in [1.807, 2.05) is 18.5 Å². The van der Waals surface area contributed by atoms with Crippen LogP contribution >= 0.6 is 0 Å². The fourth-order valence-corrected chi connectivity index (χ4v) is 6.92. The van der Waals surface area contributed by atoms with E-state index in [4.69, 9.17) is 0 Å². The third kappa shape index (κ3) is 5.10. The molecule has 4 heteroatoms. The van der Waals surface area contributed by atoms with Gasteiger partial charge in [0, 0.05) is 30.4 Å². The molecule has 2 fully saturated rings. The molecule has 0 saturated heterocycles. The maximum absolute atomic E-state index is 10.9. The zero-order valence-corrected chi connectivity index (χ0v) is 19.6. The van der Waals surface area contributed by atoms with Crippen molar-refractivity contribution in [3.8, 4) is 0 Å². The molecule has 2 aliphatic rings. The number of aliphatic hydroxyl groups excluding tert-OH is 1. The molecule has 170 valence electrons. The molecule has 4 rings (SSSR count). The number of hydrogen-bond acceptors (Lipinski definition) is 4. The molecule has 2 heterocycles. The lowest BCUT2D eigenvalue weighted by atomic mass is 9.50. The Hall–Kier alpha value is -1.55. The highest BCUT2D eigenvalue weighted by molar-refractivity contribution is 5.75. The topological polar surface area (TPSA) is 58.9 Å². The normalized spacial score (nSPS) is 30.9. The summed E-state index contributed by atoms with van der Waals surface area (Å²) in [7, 11) is 0. The van der Waals surface area contributed by atoms with Gasteiger partial charge in [-0.1, -0.05) is 58.8 Å². The SMILES string of the molecule is CCC1C(CCCCCCCc2ncc3cnccc3n2)C(O)CC2CCCCC21C. The van der Waals surface area contributed by atoms with Crippen LogP contribution < -0.4 is 0 Å². The van der Waals surface area contributed by atoms with Crippen molar-refractivity contribution in [2.45, 2.75) is 103 Å². The number of aliphatic hydroxyl groups is 1. The van der Waals surface area contributed by atoms with Gasteiger partial charge in [-0.2, -0.15) is 0 Å². The number of unbranched alkanes of at least 4 members (excludes halogenated alkanes) is 4. The number of nitrogens with zero attached hydrogens (tertiary/aromatic N) is 3. The van der Waals surface area contributed by atoms with Crippen LogP contribution in [0.5, 0.6) is 0 Å². The molecule has 5 atom stereocenters. The summed E-state index contributed by atoms with van der Waals surface area (Å²) in [5.74, 6) is 2.93. The summed E-state index contributed by atoms with van der Waals surface area (Å²) < 4.78 is 0. The minimum atomic E-state index is -0.0682. The Morgan fingerprint density at radius 1 is 1.10 bits per heavy atom. The number of hydrogen-bond donors (Lipinski definition) is 1. The fourth-order valence-electron chi connectivity index (χ4n) is 6.92. The van der Waals surface area contributed by atoms with Crippen LogP contribution in [0.2, 0.25) is 0 Å². The van der Waals surface area contributed by atoms with Crippen LogP contribution in [-0.2, 0) is 6.42 Å². The molecule has 2 aliphatic carbocycles. The Kier molecular flexibility index (Phi) is 7.58. The number of pyridine rings is 1. The third-order valence-electron chi connectivity index (χ3n) is 8.64. The second kappa shape index (κ2) is 10.4. The van der Waals surface area contributed by atoms with E-state index in [-0.39, 0.29) is 6.10 Å². The van der Waals surface area contributed by atoms with Crippen LogP contribution in [-0.4, -0.2) is 26.2 Å². The summed E-state index contributed by atoms with van der Waals surface area (Å²) in [6.45, 7) is 4.91. The van der Waals surface area contributed by atoms with Crippen molar-refractivity contribution < 1.29 is 5.11 Å². The van der Waals surface area contributed by atoms with E-state index in [1.54, 1.807) is 6.20 Å². The smallest absolute Gasteiger partial charge is 0.128 e. The zero-order valence-electron chi connectivity index (χ0n) is 19.6. The zero-order chi connectivity index (χ0) is 21.7. The Balaban J connectivity index is 1.18. The third-order valence-corrected chi connectivity index (χ3v) is 8.64. The van der Waals surface area contributed by atoms with E-state index >= 15 is 0 Å². The summed E-state index contributed by atoms with van der Waals surface area (Å²) >= 11 is 0. The van der Waals surface area contributed by atoms with Gasteiger partial charge in [-0.3, -0.25) is 4.98 Å². The van der Waals surface area contributed by atoms with Crippen molar-refractivity contribution >= 4 is 10.9 Å². The lowest BCUT2D eigenvalue weighted by Gasteiger charge is -2.55. The lowest BCUT2D eigenvalue weighted by molar-refractivity contribution is -0.105. The molecule has 1 N–H and O–H groups in total. The Labute approximate surface area is 188 Å². The van der Waals surface area contributed by atoms with E-state index in [2.05, 4.69) is 28.8 Å². The van der Waals surface area contributed by atoms with Gasteiger partial charge in [0.1, 0.15) is 5.82 Å². The van der Waals surface area contributed by atoms with Crippen LogP contribution in [0, 0.1) is 23.2 Å². The first-order valence-corrected chi connectivity index (χ1v) is 12.9. The van der Waals surface area contributed by atoms with Crippen molar-refractivity contribution in [1.29, 1.82) is 0 Å². The fraction of sp³-hybridized carbons (Fsp3) is 0.741. The molecule has 0 spiro atoms. The van der Waals surface area contributed by atoms with Gasteiger partial charge in [-0.05, 0) is 61.3 Å². The summed E-state index contributed by atoms with van der Waals surface area (Å²) in [4.78, 5) is 13.3. The summed E-state index contributed by atoms with van der Waals surface area (Å²) in [6, 6.07) is 1.96. The van der Waals surface area contributed by atoms with Crippen molar-refractivity contribution in [3.05, 3.63) is 30.5 Å². The molecule has 0 aromatic carbocycles. The first-order chi connectivity index (χ1) is 15.1. The molecular formula is C27H41N3O. The van der Waals surface area contributed by atoms with Gasteiger partial charge in [0.25, 0.3) is 0 Å². The van der Waals surface area contributed by atoms with E-state index in [0.29, 0.717) is 17.3 Å². The van der Waals surface area contributed by atoms with E-state index < -0.39 is 0 Å². The predicted octanol–water partition coefficient (Wildman–Crippen LogP) is 6.51. The average Bonchev–Trinajstić information content (AvgIpc) is 2.78. The first-order valence-electron chi connectivity index (χ1n) is 12.9. The highest BCUT2D eigenvalue weighted by Gasteiger charge is 2.50. The number of fused-ring (bicyclic) bond motifs is 2. The van der Waals surface area contributed by atoms with Gasteiger partial charge in [0.05, 0.1) is 11.6 Å². The van der Waals surface area contributed by atoms with Gasteiger partial charge < -0.3 is 5.11 Å². The lowest BCUT2D eigenvalue weighted by Crippen LogP contribution is -2.50. The maximum Gasteiger partial charge on any atom is 0.128 e. The Bertz CT molecular complexity index is 840. The Morgan fingerprint density at radius 2 is 1.94 bits per heavy atom. The second-order valence-corrected chi connectivity index (χ2v) is 10.5. The van der Waals surface area contributed by atoms with Crippen molar-refractivity contribution in [2.24, 2.45) is 23.2 Å². The van der Waals surface area contributed by atoms with Gasteiger partial charge in [0.2, 0.25) is 0 Å². The summed E-state index contributed by atoms with van der Waals surface area (Å²) in [5, 5.41) is 12.0. The van der Waals surface area contributed by atoms with Crippen LogP contribution in [0.4, 0.5) is 0 Å². The quantitative estimate of drug-likeness (QED) is 0.467. The van der Waals surface area contributed by atoms with Crippen LogP contribution in [0.3, 0.4) is 0 Å². The maximum atomic E-state index is 10.9. The molecule has 0 amide bonds. The van der Waals surface area contributed by atoms with Gasteiger partial charge in [-0.25, -0.2) is 9.97 Å². The number of aryl methyl sites for hydroxylation is 1. The molecule has 2 saturated carbocycles. The molecule has 5 unspecified atom stereocenters. The van der Waals surface area contributed by atoms with E-state index in [1.165, 1.54) is 64.2 Å². The van der Waals surface area contributed by atoms with Gasteiger partial charge >= 0.3 is 0 Å². The van der Waals surface area contributed by atoms with Crippen LogP contribution in [0.15, 0.2) is 24.7 Å². The van der Waals surface area contributed by atoms with Gasteiger partial charge in [0.15, 0.2) is 0 Å². The highest BCUT2D eigenvalue weighted by atomic mass is 16.3. The molecule has 2 aromatic heterocycles. The molecule has 31 heavy (non-hydrogen) atoms.